The zero-order valence-corrected chi connectivity index (χ0v) is 8.17. The number of amides is 1. The van der Waals surface area contributed by atoms with Crippen LogP contribution in [0.25, 0.3) is 0 Å². The second-order valence-corrected chi connectivity index (χ2v) is 3.41. The summed E-state index contributed by atoms with van der Waals surface area (Å²) in [5.41, 5.74) is 0. The molecule has 0 rings (SSSR count). The predicted molar refractivity (Wildman–Crippen MR) is 49.2 cm³/mol. The molecule has 0 radical (unpaired) electrons. The molecule has 0 atom stereocenters. The molecule has 0 bridgehead atoms. The molecule has 4 heteroatoms. The highest BCUT2D eigenvalue weighted by atomic mass is 16.3. The van der Waals surface area contributed by atoms with Crippen LogP contribution in [0.5, 0.6) is 0 Å². The second kappa shape index (κ2) is 6.60. The Hall–Kier alpha value is -0.900. The van der Waals surface area contributed by atoms with Crippen LogP contribution in [0.1, 0.15) is 26.7 Å². The van der Waals surface area contributed by atoms with Crippen molar-refractivity contribution in [2.24, 2.45) is 5.92 Å². The van der Waals surface area contributed by atoms with Crippen LogP contribution in [0.4, 0.5) is 0 Å². The number of nitrogens with one attached hydrogen (secondary N) is 1. The number of Topliss-reactive ketones (excluding diaryl/α,β-unsaturated/α-hetero) is 1. The van der Waals surface area contributed by atoms with Gasteiger partial charge in [-0.05, 0) is 12.3 Å². The lowest BCUT2D eigenvalue weighted by Crippen LogP contribution is -2.28. The second-order valence-electron chi connectivity index (χ2n) is 3.41. The van der Waals surface area contributed by atoms with E-state index in [1.165, 1.54) is 0 Å². The summed E-state index contributed by atoms with van der Waals surface area (Å²) >= 11 is 0. The van der Waals surface area contributed by atoms with Gasteiger partial charge in [-0.1, -0.05) is 13.8 Å². The van der Waals surface area contributed by atoms with E-state index in [4.69, 9.17) is 5.11 Å². The maximum atomic E-state index is 11.0. The van der Waals surface area contributed by atoms with Gasteiger partial charge in [0.1, 0.15) is 6.61 Å². The van der Waals surface area contributed by atoms with E-state index in [0.29, 0.717) is 12.5 Å². The lowest BCUT2D eigenvalue weighted by atomic mass is 10.1. The minimum Gasteiger partial charge on any atom is -0.389 e. The molecular formula is C9H17NO3. The minimum atomic E-state index is -0.558. The molecule has 0 aliphatic carbocycles. The van der Waals surface area contributed by atoms with E-state index in [1.807, 2.05) is 0 Å². The molecule has 0 fully saturated rings. The summed E-state index contributed by atoms with van der Waals surface area (Å²) in [6.45, 7) is 4.16. The van der Waals surface area contributed by atoms with E-state index in [2.05, 4.69) is 19.2 Å². The van der Waals surface area contributed by atoms with Gasteiger partial charge in [-0.15, -0.1) is 0 Å². The summed E-state index contributed by atoms with van der Waals surface area (Å²) in [5, 5.41) is 11.0. The van der Waals surface area contributed by atoms with Gasteiger partial charge in [-0.2, -0.15) is 0 Å². The van der Waals surface area contributed by atoms with Crippen LogP contribution >= 0.6 is 0 Å². The molecule has 0 aliphatic rings. The summed E-state index contributed by atoms with van der Waals surface area (Å²) < 4.78 is 0. The van der Waals surface area contributed by atoms with Crippen LogP contribution in [0.2, 0.25) is 0 Å². The first kappa shape index (κ1) is 12.1. The maximum absolute atomic E-state index is 11.0. The number of ketones is 1. The van der Waals surface area contributed by atoms with Gasteiger partial charge in [0.25, 0.3) is 0 Å². The molecule has 0 unspecified atom stereocenters. The average molecular weight is 187 g/mol. The first-order valence-electron chi connectivity index (χ1n) is 4.45. The third-order valence-electron chi connectivity index (χ3n) is 1.58. The third-order valence-corrected chi connectivity index (χ3v) is 1.58. The number of rotatable bonds is 6. The largest absolute Gasteiger partial charge is 0.389 e. The number of aliphatic hydroxyl groups excluding tert-OH is 1. The molecule has 13 heavy (non-hydrogen) atoms. The Labute approximate surface area is 78.3 Å². The molecule has 0 saturated heterocycles. The van der Waals surface area contributed by atoms with Crippen molar-refractivity contribution in [3.8, 4) is 0 Å². The zero-order chi connectivity index (χ0) is 10.3. The van der Waals surface area contributed by atoms with E-state index < -0.39 is 12.4 Å². The molecule has 0 spiro atoms. The van der Waals surface area contributed by atoms with Crippen molar-refractivity contribution < 1.29 is 14.7 Å². The number of hydrogen-bond donors (Lipinski definition) is 2. The highest BCUT2D eigenvalue weighted by Gasteiger charge is 2.07. The van der Waals surface area contributed by atoms with Crippen molar-refractivity contribution in [3.05, 3.63) is 0 Å². The lowest BCUT2D eigenvalue weighted by Gasteiger charge is -2.05. The van der Waals surface area contributed by atoms with E-state index in [9.17, 15) is 9.59 Å². The molecule has 76 valence electrons. The fourth-order valence-corrected chi connectivity index (χ4v) is 0.798. The van der Waals surface area contributed by atoms with Crippen molar-refractivity contribution >= 4 is 11.7 Å². The van der Waals surface area contributed by atoms with Crippen LogP contribution in [0.3, 0.4) is 0 Å². The standard InChI is InChI=1S/C9H17NO3/c1-7(2)3-4-10-9(13)5-8(12)6-11/h7,11H,3-6H2,1-2H3,(H,10,13). The first-order chi connectivity index (χ1) is 6.06. The van der Waals surface area contributed by atoms with E-state index in [-0.39, 0.29) is 12.3 Å². The van der Waals surface area contributed by atoms with Gasteiger partial charge in [0, 0.05) is 6.54 Å². The number of hydrogen-bond acceptors (Lipinski definition) is 3. The highest BCUT2D eigenvalue weighted by molar-refractivity contribution is 5.98. The van der Waals surface area contributed by atoms with Crippen LogP contribution < -0.4 is 5.32 Å². The summed E-state index contributed by atoms with van der Waals surface area (Å²) in [6.07, 6.45) is 0.688. The quantitative estimate of drug-likeness (QED) is 0.579. The molecule has 0 aromatic rings. The van der Waals surface area contributed by atoms with Crippen LogP contribution in [-0.2, 0) is 9.59 Å². The lowest BCUT2D eigenvalue weighted by molar-refractivity contribution is -0.129. The Morgan fingerprint density at radius 2 is 2.00 bits per heavy atom. The molecule has 0 heterocycles. The molecule has 0 aromatic carbocycles. The SMILES string of the molecule is CC(C)CCNC(=O)CC(=O)CO. The van der Waals surface area contributed by atoms with E-state index in [1.54, 1.807) is 0 Å². The maximum Gasteiger partial charge on any atom is 0.227 e. The average Bonchev–Trinajstić information content (AvgIpc) is 2.03. The summed E-state index contributed by atoms with van der Waals surface area (Å²) in [4.78, 5) is 21.6. The van der Waals surface area contributed by atoms with Crippen molar-refractivity contribution in [3.63, 3.8) is 0 Å². The predicted octanol–water partition coefficient (Wildman–Crippen LogP) is 0.100. The van der Waals surface area contributed by atoms with Gasteiger partial charge in [0.2, 0.25) is 5.91 Å². The first-order valence-corrected chi connectivity index (χ1v) is 4.45. The number of aliphatic hydroxyl groups is 1. The molecule has 1 amide bonds. The fraction of sp³-hybridized carbons (Fsp3) is 0.778. The summed E-state index contributed by atoms with van der Waals surface area (Å²) in [5.74, 6) is -0.212. The Morgan fingerprint density at radius 3 is 2.46 bits per heavy atom. The normalized spacial score (nSPS) is 10.2. The Balaban J connectivity index is 3.46. The number of carbonyl (C=O) groups excluding carboxylic acids is 2. The molecule has 0 saturated carbocycles. The highest BCUT2D eigenvalue weighted by Crippen LogP contribution is 1.96. The van der Waals surface area contributed by atoms with Gasteiger partial charge in [-0.25, -0.2) is 0 Å². The van der Waals surface area contributed by atoms with Crippen molar-refractivity contribution in [2.45, 2.75) is 26.7 Å². The molecule has 2 N–H and O–H groups in total. The van der Waals surface area contributed by atoms with Gasteiger partial charge in [0.05, 0.1) is 6.42 Å². The Bertz CT molecular complexity index is 178. The van der Waals surface area contributed by atoms with Gasteiger partial charge in [0.15, 0.2) is 5.78 Å². The fourth-order valence-electron chi connectivity index (χ4n) is 0.798. The summed E-state index contributed by atoms with van der Waals surface area (Å²) in [6, 6.07) is 0. The minimum absolute atomic E-state index is 0.214. The molecule has 0 aliphatic heterocycles. The van der Waals surface area contributed by atoms with Crippen LogP contribution in [-0.4, -0.2) is 29.9 Å². The summed E-state index contributed by atoms with van der Waals surface area (Å²) in [7, 11) is 0. The smallest absolute Gasteiger partial charge is 0.227 e. The Kier molecular flexibility index (Phi) is 6.14. The van der Waals surface area contributed by atoms with Gasteiger partial charge in [-0.3, -0.25) is 9.59 Å². The van der Waals surface area contributed by atoms with Crippen LogP contribution in [0, 0.1) is 5.92 Å². The van der Waals surface area contributed by atoms with Gasteiger partial charge < -0.3 is 10.4 Å². The van der Waals surface area contributed by atoms with Crippen molar-refractivity contribution in [1.29, 1.82) is 0 Å². The van der Waals surface area contributed by atoms with Crippen molar-refractivity contribution in [1.82, 2.24) is 5.32 Å². The van der Waals surface area contributed by atoms with Crippen molar-refractivity contribution in [2.75, 3.05) is 13.2 Å². The van der Waals surface area contributed by atoms with E-state index >= 15 is 0 Å². The Morgan fingerprint density at radius 1 is 1.38 bits per heavy atom. The molecule has 0 aromatic heterocycles. The molecule has 4 nitrogen and oxygen atoms in total. The number of carbonyl (C=O) groups is 2. The van der Waals surface area contributed by atoms with E-state index in [0.717, 1.165) is 6.42 Å². The third kappa shape index (κ3) is 7.46. The zero-order valence-electron chi connectivity index (χ0n) is 8.17. The van der Waals surface area contributed by atoms with Gasteiger partial charge >= 0.3 is 0 Å². The monoisotopic (exact) mass is 187 g/mol. The molecular weight excluding hydrogens is 170 g/mol. The topological polar surface area (TPSA) is 66.4 Å². The van der Waals surface area contributed by atoms with Crippen LogP contribution in [0.15, 0.2) is 0 Å².